The zero-order valence-corrected chi connectivity index (χ0v) is 16.8. The number of hydrogen-bond donors (Lipinski definition) is 4. The number of nitrogens with zero attached hydrogens (tertiary/aromatic N) is 3. The van der Waals surface area contributed by atoms with Gasteiger partial charge in [-0.05, 0) is 30.7 Å². The topological polar surface area (TPSA) is 113 Å². The third-order valence-electron chi connectivity index (χ3n) is 4.75. The van der Waals surface area contributed by atoms with Crippen molar-refractivity contribution < 1.29 is 18.3 Å². The monoisotopic (exact) mass is 448 g/mol. The third kappa shape index (κ3) is 4.06. The van der Waals surface area contributed by atoms with Gasteiger partial charge in [0.25, 0.3) is 0 Å². The van der Waals surface area contributed by atoms with Crippen LogP contribution in [0.15, 0.2) is 42.9 Å². The van der Waals surface area contributed by atoms with Gasteiger partial charge in [0.1, 0.15) is 17.1 Å². The molecule has 0 aliphatic carbocycles. The Morgan fingerprint density at radius 1 is 1.19 bits per heavy atom. The molecule has 1 unspecified atom stereocenters. The first-order chi connectivity index (χ1) is 14.6. The van der Waals surface area contributed by atoms with Crippen LogP contribution < -0.4 is 11.1 Å². The molecule has 11 heteroatoms. The number of aromatic amines is 1. The predicted octanol–water partition coefficient (Wildman–Crippen LogP) is 5.15. The Hall–Kier alpha value is -3.53. The number of H-pyrrole nitrogens is 1. The molecule has 4 aromatic rings. The van der Waals surface area contributed by atoms with Gasteiger partial charge in [0, 0.05) is 23.3 Å². The van der Waals surface area contributed by atoms with E-state index in [-0.39, 0.29) is 45.2 Å². The fourth-order valence-corrected chi connectivity index (χ4v) is 3.29. The highest BCUT2D eigenvalue weighted by Crippen LogP contribution is 2.35. The second-order valence-electron chi connectivity index (χ2n) is 6.89. The molecule has 31 heavy (non-hydrogen) atoms. The quantitative estimate of drug-likeness (QED) is 0.343. The Kier molecular flexibility index (Phi) is 5.10. The maximum atomic E-state index is 13.1. The van der Waals surface area contributed by atoms with Gasteiger partial charge in [-0.3, -0.25) is 0 Å². The molecule has 1 aromatic carbocycles. The molecule has 1 atom stereocenters. The van der Waals surface area contributed by atoms with Crippen molar-refractivity contribution in [3.8, 4) is 17.0 Å². The second-order valence-corrected chi connectivity index (χ2v) is 7.30. The molecule has 0 saturated heterocycles. The van der Waals surface area contributed by atoms with E-state index >= 15 is 0 Å². The van der Waals surface area contributed by atoms with Crippen molar-refractivity contribution in [3.05, 3.63) is 59.0 Å². The van der Waals surface area contributed by atoms with Crippen LogP contribution in [0, 0.1) is 0 Å². The van der Waals surface area contributed by atoms with E-state index < -0.39 is 11.7 Å². The van der Waals surface area contributed by atoms with Gasteiger partial charge in [0.15, 0.2) is 0 Å². The molecule has 5 N–H and O–H groups in total. The van der Waals surface area contributed by atoms with E-state index in [0.717, 1.165) is 17.8 Å². The number of alkyl halides is 3. The van der Waals surface area contributed by atoms with Crippen LogP contribution >= 0.6 is 11.6 Å². The third-order valence-corrected chi connectivity index (χ3v) is 5.05. The first-order valence-electron chi connectivity index (χ1n) is 9.05. The van der Waals surface area contributed by atoms with Gasteiger partial charge >= 0.3 is 6.18 Å². The number of pyridine rings is 1. The van der Waals surface area contributed by atoms with Gasteiger partial charge in [0.2, 0.25) is 5.95 Å². The lowest BCUT2D eigenvalue weighted by atomic mass is 10.1. The minimum Gasteiger partial charge on any atom is -0.506 e. The van der Waals surface area contributed by atoms with E-state index in [1.165, 1.54) is 18.5 Å². The largest absolute Gasteiger partial charge is 0.506 e. The maximum Gasteiger partial charge on any atom is 0.417 e. The number of nitrogen functional groups attached to an aromatic ring is 1. The highest BCUT2D eigenvalue weighted by atomic mass is 35.5. The SMILES string of the molecule is CC(Nc1ncc(N)c(-c2c[nH]c3ncc(C(F)(F)F)cc23)n1)c1ccc(O)c(Cl)c1. The summed E-state index contributed by atoms with van der Waals surface area (Å²) in [5.41, 5.74) is 7.04. The maximum absolute atomic E-state index is 13.1. The fourth-order valence-electron chi connectivity index (χ4n) is 3.10. The average molecular weight is 449 g/mol. The van der Waals surface area contributed by atoms with E-state index in [1.807, 2.05) is 6.92 Å². The molecule has 0 fully saturated rings. The van der Waals surface area contributed by atoms with Crippen LogP contribution in [0.3, 0.4) is 0 Å². The summed E-state index contributed by atoms with van der Waals surface area (Å²) in [6.07, 6.45) is -0.881. The number of aromatic hydroxyl groups is 1. The van der Waals surface area contributed by atoms with Gasteiger partial charge in [-0.2, -0.15) is 13.2 Å². The summed E-state index contributed by atoms with van der Waals surface area (Å²) >= 11 is 5.96. The molecule has 0 saturated carbocycles. The van der Waals surface area contributed by atoms with Crippen molar-refractivity contribution >= 4 is 34.3 Å². The van der Waals surface area contributed by atoms with Crippen LogP contribution in [-0.2, 0) is 6.18 Å². The lowest BCUT2D eigenvalue weighted by molar-refractivity contribution is -0.137. The summed E-state index contributed by atoms with van der Waals surface area (Å²) in [5, 5.41) is 13.1. The number of fused-ring (bicyclic) bond motifs is 1. The minimum absolute atomic E-state index is 0.0326. The van der Waals surface area contributed by atoms with Gasteiger partial charge in [-0.1, -0.05) is 17.7 Å². The van der Waals surface area contributed by atoms with Gasteiger partial charge in [-0.25, -0.2) is 15.0 Å². The summed E-state index contributed by atoms with van der Waals surface area (Å²) < 4.78 is 39.4. The van der Waals surface area contributed by atoms with Crippen LogP contribution in [0.25, 0.3) is 22.3 Å². The second kappa shape index (κ2) is 7.62. The minimum atomic E-state index is -4.53. The van der Waals surface area contributed by atoms with Crippen molar-refractivity contribution in [1.29, 1.82) is 0 Å². The van der Waals surface area contributed by atoms with Gasteiger partial charge in [0.05, 0.1) is 28.5 Å². The van der Waals surface area contributed by atoms with Crippen LogP contribution in [0.5, 0.6) is 5.75 Å². The van der Waals surface area contributed by atoms with E-state index in [1.54, 1.807) is 12.1 Å². The number of phenols is 1. The molecule has 0 amide bonds. The summed E-state index contributed by atoms with van der Waals surface area (Å²) in [7, 11) is 0. The molecule has 160 valence electrons. The highest BCUT2D eigenvalue weighted by Gasteiger charge is 2.31. The molecule has 0 aliphatic heterocycles. The molecule has 3 aromatic heterocycles. The molecule has 0 bridgehead atoms. The van der Waals surface area contributed by atoms with Crippen LogP contribution in [0.1, 0.15) is 24.1 Å². The van der Waals surface area contributed by atoms with E-state index in [0.29, 0.717) is 5.56 Å². The Labute approximate surface area is 179 Å². The molecule has 0 radical (unpaired) electrons. The zero-order valence-electron chi connectivity index (χ0n) is 16.0. The summed E-state index contributed by atoms with van der Waals surface area (Å²) in [6, 6.07) is 5.50. The van der Waals surface area contributed by atoms with Crippen LogP contribution in [0.2, 0.25) is 5.02 Å². The van der Waals surface area contributed by atoms with Gasteiger partial charge in [-0.15, -0.1) is 0 Å². The highest BCUT2D eigenvalue weighted by molar-refractivity contribution is 6.32. The van der Waals surface area contributed by atoms with Crippen molar-refractivity contribution in [2.45, 2.75) is 19.1 Å². The summed E-state index contributed by atoms with van der Waals surface area (Å²) in [5.74, 6) is 0.185. The first kappa shape index (κ1) is 20.7. The number of rotatable bonds is 4. The van der Waals surface area contributed by atoms with Crippen molar-refractivity contribution in [1.82, 2.24) is 19.9 Å². The number of anilines is 2. The average Bonchev–Trinajstić information content (AvgIpc) is 3.14. The number of nitrogens with one attached hydrogen (secondary N) is 2. The lowest BCUT2D eigenvalue weighted by Crippen LogP contribution is -2.10. The molecular weight excluding hydrogens is 433 g/mol. The molecular formula is C20H16ClF3N6O. The van der Waals surface area contributed by atoms with Crippen LogP contribution in [0.4, 0.5) is 24.8 Å². The normalized spacial score (nSPS) is 12.8. The zero-order chi connectivity index (χ0) is 22.3. The predicted molar refractivity (Wildman–Crippen MR) is 112 cm³/mol. The Bertz CT molecular complexity index is 1270. The molecule has 0 aliphatic rings. The summed E-state index contributed by atoms with van der Waals surface area (Å²) in [6.45, 7) is 1.84. The smallest absolute Gasteiger partial charge is 0.417 e. The number of phenolic OH excluding ortho intramolecular Hbond substituents is 1. The Morgan fingerprint density at radius 3 is 2.68 bits per heavy atom. The molecule has 0 spiro atoms. The van der Waals surface area contributed by atoms with E-state index in [2.05, 4.69) is 25.3 Å². The fraction of sp³-hybridized carbons (Fsp3) is 0.150. The Morgan fingerprint density at radius 2 is 1.97 bits per heavy atom. The number of hydrogen-bond acceptors (Lipinski definition) is 6. The van der Waals surface area contributed by atoms with Crippen molar-refractivity contribution in [2.75, 3.05) is 11.1 Å². The van der Waals surface area contributed by atoms with Crippen molar-refractivity contribution in [3.63, 3.8) is 0 Å². The number of halogens is 4. The first-order valence-corrected chi connectivity index (χ1v) is 9.43. The van der Waals surface area contributed by atoms with E-state index in [9.17, 15) is 18.3 Å². The summed E-state index contributed by atoms with van der Waals surface area (Å²) in [4.78, 5) is 15.2. The lowest BCUT2D eigenvalue weighted by Gasteiger charge is -2.16. The van der Waals surface area contributed by atoms with Gasteiger partial charge < -0.3 is 21.1 Å². The number of benzene rings is 1. The standard InChI is InChI=1S/C20H16ClF3N6O/c1-9(10-2-3-16(31)14(21)4-10)29-19-28-8-15(25)17(30-19)13-7-27-18-12(13)5-11(6-26-18)20(22,23)24/h2-9,31H,25H2,1H3,(H,26,27)(H,28,29,30). The number of nitrogens with two attached hydrogens (primary N) is 1. The molecule has 4 rings (SSSR count). The number of aromatic nitrogens is 4. The molecule has 3 heterocycles. The van der Waals surface area contributed by atoms with Crippen molar-refractivity contribution in [2.24, 2.45) is 0 Å². The van der Waals surface area contributed by atoms with E-state index in [4.69, 9.17) is 17.3 Å². The Balaban J connectivity index is 1.70. The van der Waals surface area contributed by atoms with Crippen LogP contribution in [-0.4, -0.2) is 25.0 Å². The molecule has 7 nitrogen and oxygen atoms in total.